The Hall–Kier alpha value is -3.11. The highest BCUT2D eigenvalue weighted by Crippen LogP contribution is 2.28. The number of amides is 1. The molecule has 9 nitrogen and oxygen atoms in total. The van der Waals surface area contributed by atoms with Crippen LogP contribution in [-0.4, -0.2) is 59.0 Å². The summed E-state index contributed by atoms with van der Waals surface area (Å²) in [4.78, 5) is 25.3. The van der Waals surface area contributed by atoms with Crippen molar-refractivity contribution in [3.8, 4) is 11.5 Å². The van der Waals surface area contributed by atoms with Crippen LogP contribution in [0, 0.1) is 0 Å². The first kappa shape index (κ1) is 24.5. The standard InChI is InChI=1S/C23H28N2O7S/c1-30-16-8-10-20(18(14-16)23(27)32-3)24-22(26)19-15-17(9-11-21(19)31-2)33(28,29)25-12-6-4-5-7-13-25/h8-11,14-15H,4-7,12-13H2,1-3H3,(H,24,26). The molecule has 2 aromatic rings. The summed E-state index contributed by atoms with van der Waals surface area (Å²) in [5.74, 6) is -0.671. The maximum atomic E-state index is 13.2. The second-order valence-corrected chi connectivity index (χ2v) is 9.48. The summed E-state index contributed by atoms with van der Waals surface area (Å²) >= 11 is 0. The van der Waals surface area contributed by atoms with Gasteiger partial charge in [0.1, 0.15) is 11.5 Å². The number of carbonyl (C=O) groups is 2. The van der Waals surface area contributed by atoms with Crippen LogP contribution >= 0.6 is 0 Å². The molecule has 0 spiro atoms. The molecule has 10 heteroatoms. The van der Waals surface area contributed by atoms with Gasteiger partial charge in [0.15, 0.2) is 0 Å². The molecule has 178 valence electrons. The number of nitrogens with one attached hydrogen (secondary N) is 1. The number of anilines is 1. The summed E-state index contributed by atoms with van der Waals surface area (Å²) in [6.07, 6.45) is 3.59. The van der Waals surface area contributed by atoms with E-state index in [4.69, 9.17) is 14.2 Å². The van der Waals surface area contributed by atoms with E-state index in [-0.39, 0.29) is 27.5 Å². The molecule has 1 aliphatic heterocycles. The number of benzene rings is 2. The number of rotatable bonds is 7. The zero-order chi connectivity index (χ0) is 24.0. The highest BCUT2D eigenvalue weighted by atomic mass is 32.2. The van der Waals surface area contributed by atoms with Crippen molar-refractivity contribution in [2.75, 3.05) is 39.7 Å². The van der Waals surface area contributed by atoms with Gasteiger partial charge in [-0.3, -0.25) is 4.79 Å². The van der Waals surface area contributed by atoms with Gasteiger partial charge in [0.05, 0.1) is 43.0 Å². The summed E-state index contributed by atoms with van der Waals surface area (Å²) < 4.78 is 43.1. The van der Waals surface area contributed by atoms with E-state index in [1.165, 1.54) is 56.0 Å². The molecule has 0 bridgehead atoms. The van der Waals surface area contributed by atoms with Gasteiger partial charge < -0.3 is 19.5 Å². The number of ether oxygens (including phenoxy) is 3. The molecule has 1 heterocycles. The Balaban J connectivity index is 1.96. The number of hydrogen-bond acceptors (Lipinski definition) is 7. The van der Waals surface area contributed by atoms with Crippen molar-refractivity contribution < 1.29 is 32.2 Å². The van der Waals surface area contributed by atoms with Gasteiger partial charge in [-0.2, -0.15) is 4.31 Å². The van der Waals surface area contributed by atoms with E-state index in [2.05, 4.69) is 5.32 Å². The molecule has 0 aliphatic carbocycles. The van der Waals surface area contributed by atoms with Crippen LogP contribution in [0.5, 0.6) is 11.5 Å². The first-order chi connectivity index (χ1) is 15.8. The number of sulfonamides is 1. The molecule has 1 fully saturated rings. The molecule has 1 amide bonds. The number of esters is 1. The Morgan fingerprint density at radius 2 is 1.58 bits per heavy atom. The zero-order valence-corrected chi connectivity index (χ0v) is 19.7. The van der Waals surface area contributed by atoms with E-state index >= 15 is 0 Å². The van der Waals surface area contributed by atoms with E-state index in [9.17, 15) is 18.0 Å². The highest BCUT2D eigenvalue weighted by Gasteiger charge is 2.27. The van der Waals surface area contributed by atoms with E-state index in [1.807, 2.05) is 0 Å². The normalized spacial score (nSPS) is 14.8. The van der Waals surface area contributed by atoms with E-state index in [1.54, 1.807) is 6.07 Å². The topological polar surface area (TPSA) is 111 Å². The van der Waals surface area contributed by atoms with Crippen molar-refractivity contribution in [2.24, 2.45) is 0 Å². The van der Waals surface area contributed by atoms with Gasteiger partial charge in [0.25, 0.3) is 5.91 Å². The van der Waals surface area contributed by atoms with E-state index in [0.717, 1.165) is 25.7 Å². The van der Waals surface area contributed by atoms with Crippen molar-refractivity contribution in [3.63, 3.8) is 0 Å². The van der Waals surface area contributed by atoms with E-state index in [0.29, 0.717) is 18.8 Å². The third-order valence-corrected chi connectivity index (χ3v) is 7.39. The number of nitrogens with zero attached hydrogens (tertiary/aromatic N) is 1. The molecule has 33 heavy (non-hydrogen) atoms. The van der Waals surface area contributed by atoms with Crippen LogP contribution in [0.3, 0.4) is 0 Å². The highest BCUT2D eigenvalue weighted by molar-refractivity contribution is 7.89. The molecular formula is C23H28N2O7S. The van der Waals surface area contributed by atoms with Crippen LogP contribution in [-0.2, 0) is 14.8 Å². The third kappa shape index (κ3) is 5.45. The van der Waals surface area contributed by atoms with Crippen LogP contribution < -0.4 is 14.8 Å². The number of hydrogen-bond donors (Lipinski definition) is 1. The predicted molar refractivity (Wildman–Crippen MR) is 123 cm³/mol. The van der Waals surface area contributed by atoms with Crippen molar-refractivity contribution in [1.82, 2.24) is 4.31 Å². The summed E-state index contributed by atoms with van der Waals surface area (Å²) in [5.41, 5.74) is 0.313. The van der Waals surface area contributed by atoms with Crippen molar-refractivity contribution >= 4 is 27.6 Å². The molecule has 3 rings (SSSR count). The fraction of sp³-hybridized carbons (Fsp3) is 0.391. The lowest BCUT2D eigenvalue weighted by molar-refractivity contribution is 0.0601. The molecule has 0 aromatic heterocycles. The quantitative estimate of drug-likeness (QED) is 0.610. The molecule has 0 radical (unpaired) electrons. The predicted octanol–water partition coefficient (Wildman–Crippen LogP) is 3.31. The Morgan fingerprint density at radius 1 is 0.879 bits per heavy atom. The molecular weight excluding hydrogens is 448 g/mol. The van der Waals surface area contributed by atoms with Gasteiger partial charge in [-0.05, 0) is 49.2 Å². The first-order valence-corrected chi connectivity index (χ1v) is 12.0. The molecule has 0 atom stereocenters. The summed E-state index contributed by atoms with van der Waals surface area (Å²) in [6, 6.07) is 8.72. The Kier molecular flexibility index (Phi) is 7.93. The molecule has 1 aliphatic rings. The van der Waals surface area contributed by atoms with Crippen LogP contribution in [0.25, 0.3) is 0 Å². The average molecular weight is 477 g/mol. The van der Waals surface area contributed by atoms with Crippen molar-refractivity contribution in [1.29, 1.82) is 0 Å². The van der Waals surface area contributed by atoms with E-state index < -0.39 is 21.9 Å². The lowest BCUT2D eigenvalue weighted by Gasteiger charge is -2.21. The minimum absolute atomic E-state index is 0.0123. The van der Waals surface area contributed by atoms with Gasteiger partial charge in [0, 0.05) is 13.1 Å². The largest absolute Gasteiger partial charge is 0.497 e. The molecule has 2 aromatic carbocycles. The lowest BCUT2D eigenvalue weighted by Crippen LogP contribution is -2.32. The smallest absolute Gasteiger partial charge is 0.340 e. The second-order valence-electron chi connectivity index (χ2n) is 7.54. The third-order valence-electron chi connectivity index (χ3n) is 5.50. The molecule has 0 saturated carbocycles. The van der Waals surface area contributed by atoms with Gasteiger partial charge >= 0.3 is 5.97 Å². The van der Waals surface area contributed by atoms with Crippen molar-refractivity contribution in [3.05, 3.63) is 47.5 Å². The fourth-order valence-corrected chi connectivity index (χ4v) is 5.23. The van der Waals surface area contributed by atoms with Crippen LogP contribution in [0.2, 0.25) is 0 Å². The van der Waals surface area contributed by atoms with Gasteiger partial charge in [-0.1, -0.05) is 12.8 Å². The molecule has 1 saturated heterocycles. The second kappa shape index (κ2) is 10.7. The molecule has 1 N–H and O–H groups in total. The van der Waals surface area contributed by atoms with Gasteiger partial charge in [-0.15, -0.1) is 0 Å². The maximum absolute atomic E-state index is 13.2. The average Bonchev–Trinajstić information content (AvgIpc) is 3.13. The van der Waals surface area contributed by atoms with Crippen LogP contribution in [0.4, 0.5) is 5.69 Å². The first-order valence-electron chi connectivity index (χ1n) is 10.6. The minimum Gasteiger partial charge on any atom is -0.497 e. The number of carbonyl (C=O) groups excluding carboxylic acids is 2. The van der Waals surface area contributed by atoms with Crippen molar-refractivity contribution in [2.45, 2.75) is 30.6 Å². The number of methoxy groups -OCH3 is 3. The SMILES string of the molecule is COC(=O)c1cc(OC)ccc1NC(=O)c1cc(S(=O)(=O)N2CCCCCC2)ccc1OC. The fourth-order valence-electron chi connectivity index (χ4n) is 3.68. The Bertz CT molecular complexity index is 1120. The summed E-state index contributed by atoms with van der Waals surface area (Å²) in [7, 11) is 0.308. The lowest BCUT2D eigenvalue weighted by atomic mass is 10.1. The maximum Gasteiger partial charge on any atom is 0.340 e. The molecule has 0 unspecified atom stereocenters. The zero-order valence-electron chi connectivity index (χ0n) is 18.9. The summed E-state index contributed by atoms with van der Waals surface area (Å²) in [5, 5.41) is 2.65. The van der Waals surface area contributed by atoms with Gasteiger partial charge in [0.2, 0.25) is 10.0 Å². The van der Waals surface area contributed by atoms with Gasteiger partial charge in [-0.25, -0.2) is 13.2 Å². The minimum atomic E-state index is -3.77. The monoisotopic (exact) mass is 476 g/mol. The summed E-state index contributed by atoms with van der Waals surface area (Å²) in [6.45, 7) is 0.897. The Labute approximate surface area is 193 Å². The Morgan fingerprint density at radius 3 is 2.18 bits per heavy atom. The van der Waals surface area contributed by atoms with Crippen LogP contribution in [0.15, 0.2) is 41.3 Å². The van der Waals surface area contributed by atoms with Crippen LogP contribution in [0.1, 0.15) is 46.4 Å².